The van der Waals surface area contributed by atoms with Crippen LogP contribution in [0.15, 0.2) is 110 Å². The predicted octanol–water partition coefficient (Wildman–Crippen LogP) is 8.29. The lowest BCUT2D eigenvalue weighted by Crippen LogP contribution is -2.10. The molecule has 0 N–H and O–H groups in total. The summed E-state index contributed by atoms with van der Waals surface area (Å²) in [6.45, 7) is 5.74. The summed E-state index contributed by atoms with van der Waals surface area (Å²) in [5, 5.41) is 2.15. The Labute approximate surface area is 235 Å². The minimum atomic E-state index is -1.54. The maximum atomic E-state index is 8.84. The molecule has 7 rings (SSSR count). The monoisotopic (exact) mass is 525 g/mol. The van der Waals surface area contributed by atoms with Gasteiger partial charge in [0.2, 0.25) is 0 Å². The maximum Gasteiger partial charge on any atom is 0.142 e. The molecule has 0 amide bonds. The van der Waals surface area contributed by atoms with Crippen molar-refractivity contribution in [2.45, 2.75) is 27.1 Å². The average molecular weight is 526 g/mol. The first-order chi connectivity index (χ1) is 20.2. The van der Waals surface area contributed by atoms with Crippen LogP contribution in [-0.4, -0.2) is 24.1 Å². The first kappa shape index (κ1) is 21.9. The number of rotatable bonds is 5. The highest BCUT2D eigenvalue weighted by Gasteiger charge is 2.16. The Morgan fingerprint density at radius 2 is 1.43 bits per heavy atom. The number of imidazole rings is 1. The van der Waals surface area contributed by atoms with Crippen LogP contribution in [0.3, 0.4) is 0 Å². The number of benzene rings is 3. The van der Waals surface area contributed by atoms with Gasteiger partial charge in [-0.15, -0.1) is 0 Å². The Hall–Kier alpha value is -4.97. The topological polar surface area (TPSA) is 57.8 Å². The van der Waals surface area contributed by atoms with Gasteiger partial charge in [0.15, 0.2) is 0 Å². The summed E-state index contributed by atoms with van der Waals surface area (Å²) in [4.78, 5) is 13.7. The van der Waals surface area contributed by atoms with Crippen LogP contribution >= 0.6 is 0 Å². The number of hydrogen-bond acceptors (Lipinski definition) is 4. The molecular weight excluding hydrogens is 494 g/mol. The van der Waals surface area contributed by atoms with Gasteiger partial charge in [-0.05, 0) is 65.9 Å². The highest BCUT2D eigenvalue weighted by atomic mass is 16.5. The third kappa shape index (κ3) is 4.37. The summed E-state index contributed by atoms with van der Waals surface area (Å²) in [7, 11) is 0. The van der Waals surface area contributed by atoms with Gasteiger partial charge in [0.25, 0.3) is 0 Å². The molecule has 0 atom stereocenters. The molecule has 4 aromatic heterocycles. The van der Waals surface area contributed by atoms with Crippen LogP contribution in [0, 0.1) is 5.41 Å². The zero-order valence-electron chi connectivity index (χ0n) is 24.5. The molecule has 0 saturated heterocycles. The van der Waals surface area contributed by atoms with E-state index in [2.05, 4.69) is 32.7 Å². The first-order valence-corrected chi connectivity index (χ1v) is 13.3. The smallest absolute Gasteiger partial charge is 0.142 e. The van der Waals surface area contributed by atoms with E-state index >= 15 is 0 Å². The molecule has 196 valence electrons. The summed E-state index contributed by atoms with van der Waals surface area (Å²) in [6.07, 6.45) is 3.64. The van der Waals surface area contributed by atoms with Gasteiger partial charge in [-0.3, -0.25) is 9.13 Å². The van der Waals surface area contributed by atoms with E-state index < -0.39 is 11.8 Å². The maximum absolute atomic E-state index is 8.84. The third-order valence-electron chi connectivity index (χ3n) is 6.79. The van der Waals surface area contributed by atoms with Crippen molar-refractivity contribution in [3.05, 3.63) is 115 Å². The van der Waals surface area contributed by atoms with Gasteiger partial charge in [0.05, 0.1) is 22.1 Å². The molecule has 0 aliphatic heterocycles. The molecule has 6 nitrogen and oxygen atoms in total. The third-order valence-corrected chi connectivity index (χ3v) is 6.79. The van der Waals surface area contributed by atoms with Crippen LogP contribution in [0.2, 0.25) is 0 Å². The number of pyridine rings is 2. The van der Waals surface area contributed by atoms with Crippen molar-refractivity contribution in [2.24, 2.45) is 5.41 Å². The number of aromatic nitrogens is 5. The van der Waals surface area contributed by atoms with Crippen molar-refractivity contribution in [1.82, 2.24) is 24.1 Å². The van der Waals surface area contributed by atoms with Gasteiger partial charge < -0.3 is 4.74 Å². The molecule has 0 spiro atoms. The second-order valence-corrected chi connectivity index (χ2v) is 10.9. The standard InChI is InChI=1S/C34H29N5O/c1-34(2,3)21-23-14-16-36-33(18-23)39-29-10-6-4-8-26(29)27-13-12-24(19-31(27)39)40-25-15-17-35-32(20-25)38-22-37-28-9-5-7-11-30(28)38/h4-20,22H,21H2,1-3H3/i21D2. The van der Waals surface area contributed by atoms with E-state index in [0.717, 1.165) is 32.8 Å². The fourth-order valence-electron chi connectivity index (χ4n) is 5.18. The predicted molar refractivity (Wildman–Crippen MR) is 161 cm³/mol. The van der Waals surface area contributed by atoms with Crippen molar-refractivity contribution in [1.29, 1.82) is 0 Å². The first-order valence-electron chi connectivity index (χ1n) is 14.3. The fourth-order valence-corrected chi connectivity index (χ4v) is 5.18. The van der Waals surface area contributed by atoms with Crippen LogP contribution in [-0.2, 0) is 6.37 Å². The van der Waals surface area contributed by atoms with Gasteiger partial charge in [0, 0.05) is 38.0 Å². The van der Waals surface area contributed by atoms with E-state index in [1.807, 2.05) is 92.1 Å². The van der Waals surface area contributed by atoms with Crippen LogP contribution in [0.1, 0.15) is 29.1 Å². The van der Waals surface area contributed by atoms with Crippen molar-refractivity contribution < 1.29 is 7.48 Å². The van der Waals surface area contributed by atoms with Crippen LogP contribution in [0.4, 0.5) is 0 Å². The molecular formula is C34H29N5O. The lowest BCUT2D eigenvalue weighted by molar-refractivity contribution is 0.411. The van der Waals surface area contributed by atoms with E-state index in [1.54, 1.807) is 24.8 Å². The van der Waals surface area contributed by atoms with Gasteiger partial charge in [-0.1, -0.05) is 51.1 Å². The lowest BCUT2D eigenvalue weighted by atomic mass is 9.88. The summed E-state index contributed by atoms with van der Waals surface area (Å²) < 4.78 is 28.1. The number of fused-ring (bicyclic) bond motifs is 4. The minimum absolute atomic E-state index is 0.583. The van der Waals surface area contributed by atoms with Crippen molar-refractivity contribution in [3.63, 3.8) is 0 Å². The lowest BCUT2D eigenvalue weighted by Gasteiger charge is -2.18. The molecule has 7 aromatic rings. The van der Waals surface area contributed by atoms with Gasteiger partial charge >= 0.3 is 0 Å². The molecule has 0 saturated carbocycles. The number of ether oxygens (including phenoxy) is 1. The van der Waals surface area contributed by atoms with E-state index in [9.17, 15) is 0 Å². The quantitative estimate of drug-likeness (QED) is 0.227. The highest BCUT2D eigenvalue weighted by Crippen LogP contribution is 2.35. The molecule has 0 bridgehead atoms. The number of nitrogens with zero attached hydrogens (tertiary/aromatic N) is 5. The Bertz CT molecular complexity index is 2110. The molecule has 0 aliphatic rings. The normalized spacial score (nSPS) is 13.1. The molecule has 0 fully saturated rings. The fraction of sp³-hybridized carbons (Fsp3) is 0.147. The zero-order valence-corrected chi connectivity index (χ0v) is 22.5. The van der Waals surface area contributed by atoms with Crippen molar-refractivity contribution in [3.8, 4) is 23.1 Å². The van der Waals surface area contributed by atoms with E-state index in [4.69, 9.17) is 12.5 Å². The van der Waals surface area contributed by atoms with E-state index in [0.29, 0.717) is 28.7 Å². The highest BCUT2D eigenvalue weighted by molar-refractivity contribution is 6.09. The molecule has 0 unspecified atom stereocenters. The number of para-hydroxylation sites is 3. The van der Waals surface area contributed by atoms with Crippen LogP contribution in [0.25, 0.3) is 44.5 Å². The van der Waals surface area contributed by atoms with E-state index in [1.165, 1.54) is 0 Å². The molecule has 3 aromatic carbocycles. The van der Waals surface area contributed by atoms with Crippen molar-refractivity contribution >= 4 is 32.8 Å². The molecule has 0 aliphatic carbocycles. The second kappa shape index (κ2) is 9.35. The zero-order chi connectivity index (χ0) is 29.1. The summed E-state index contributed by atoms with van der Waals surface area (Å²) in [6, 6.07) is 29.5. The SMILES string of the molecule is [2H]C([2H])(c1ccnc(-n2c3ccccc3c3ccc(Oc4ccnc(-n5cnc6ccccc65)c4)cc32)c1)C(C)(C)C. The molecule has 4 heterocycles. The van der Waals surface area contributed by atoms with Gasteiger partial charge in [-0.25, -0.2) is 15.0 Å². The van der Waals surface area contributed by atoms with Gasteiger partial charge in [-0.2, -0.15) is 0 Å². The van der Waals surface area contributed by atoms with Gasteiger partial charge in [0.1, 0.15) is 29.5 Å². The average Bonchev–Trinajstić information content (AvgIpc) is 3.56. The summed E-state index contributed by atoms with van der Waals surface area (Å²) >= 11 is 0. The minimum Gasteiger partial charge on any atom is -0.457 e. The number of hydrogen-bond donors (Lipinski definition) is 0. The van der Waals surface area contributed by atoms with Crippen molar-refractivity contribution in [2.75, 3.05) is 0 Å². The molecule has 40 heavy (non-hydrogen) atoms. The van der Waals surface area contributed by atoms with Crippen LogP contribution in [0.5, 0.6) is 11.5 Å². The largest absolute Gasteiger partial charge is 0.457 e. The Morgan fingerprint density at radius 1 is 0.700 bits per heavy atom. The Morgan fingerprint density at radius 3 is 2.30 bits per heavy atom. The summed E-state index contributed by atoms with van der Waals surface area (Å²) in [5.41, 5.74) is 3.79. The molecule has 0 radical (unpaired) electrons. The molecule has 6 heteroatoms. The Kier molecular flexibility index (Phi) is 5.12. The second-order valence-electron chi connectivity index (χ2n) is 10.9. The van der Waals surface area contributed by atoms with Crippen LogP contribution < -0.4 is 4.74 Å². The summed E-state index contributed by atoms with van der Waals surface area (Å²) in [5.74, 6) is 2.69. The van der Waals surface area contributed by atoms with E-state index in [-0.39, 0.29) is 0 Å². The Balaban J connectivity index is 1.32.